The number of tetrazole rings is 1. The molecule has 19 heavy (non-hydrogen) atoms. The molecule has 1 N–H and O–H groups in total. The van der Waals surface area contributed by atoms with Gasteiger partial charge in [-0.15, -0.1) is 5.10 Å². The molecule has 0 aliphatic carbocycles. The summed E-state index contributed by atoms with van der Waals surface area (Å²) in [6, 6.07) is 5.00. The number of aliphatic carboxylic acids is 1. The summed E-state index contributed by atoms with van der Waals surface area (Å²) in [5.74, 6) is -1.05. The van der Waals surface area contributed by atoms with Gasteiger partial charge in [0.2, 0.25) is 0 Å². The van der Waals surface area contributed by atoms with Crippen LogP contribution in [0.25, 0.3) is 11.4 Å². The molecule has 1 atom stereocenters. The lowest BCUT2D eigenvalue weighted by molar-refractivity contribution is -0.141. The van der Waals surface area contributed by atoms with Gasteiger partial charge < -0.3 is 5.11 Å². The Bertz CT molecular complexity index is 614. The van der Waals surface area contributed by atoms with E-state index in [0.29, 0.717) is 21.4 Å². The van der Waals surface area contributed by atoms with Crippen LogP contribution in [0.2, 0.25) is 10.0 Å². The van der Waals surface area contributed by atoms with E-state index in [1.165, 1.54) is 4.68 Å². The third-order valence-electron chi connectivity index (χ3n) is 2.58. The van der Waals surface area contributed by atoms with Crippen molar-refractivity contribution in [2.45, 2.75) is 13.5 Å². The van der Waals surface area contributed by atoms with E-state index in [1.54, 1.807) is 25.1 Å². The highest BCUT2D eigenvalue weighted by Crippen LogP contribution is 2.27. The number of hydrogen-bond acceptors (Lipinski definition) is 4. The molecule has 0 radical (unpaired) electrons. The highest BCUT2D eigenvalue weighted by molar-refractivity contribution is 6.42. The minimum atomic E-state index is -0.907. The van der Waals surface area contributed by atoms with Crippen LogP contribution in [-0.4, -0.2) is 31.3 Å². The van der Waals surface area contributed by atoms with Crippen molar-refractivity contribution < 1.29 is 9.90 Å². The van der Waals surface area contributed by atoms with Crippen molar-refractivity contribution >= 4 is 29.2 Å². The van der Waals surface area contributed by atoms with Gasteiger partial charge in [0, 0.05) is 5.56 Å². The van der Waals surface area contributed by atoms with Crippen LogP contribution in [-0.2, 0) is 11.3 Å². The van der Waals surface area contributed by atoms with Crippen molar-refractivity contribution in [1.29, 1.82) is 0 Å². The van der Waals surface area contributed by atoms with E-state index in [2.05, 4.69) is 15.5 Å². The lowest BCUT2D eigenvalue weighted by Crippen LogP contribution is -2.18. The van der Waals surface area contributed by atoms with Crippen LogP contribution in [0.1, 0.15) is 6.92 Å². The number of carbonyl (C=O) groups is 1. The second-order valence-corrected chi connectivity index (χ2v) is 4.87. The normalized spacial score (nSPS) is 12.4. The summed E-state index contributed by atoms with van der Waals surface area (Å²) in [5, 5.41) is 20.9. The Balaban J connectivity index is 2.33. The Labute approximate surface area is 118 Å². The van der Waals surface area contributed by atoms with E-state index in [1.807, 2.05) is 0 Å². The number of halogens is 2. The summed E-state index contributed by atoms with van der Waals surface area (Å²) in [4.78, 5) is 10.9. The van der Waals surface area contributed by atoms with Crippen molar-refractivity contribution in [3.8, 4) is 11.4 Å². The summed E-state index contributed by atoms with van der Waals surface area (Å²) in [5.41, 5.74) is 0.678. The monoisotopic (exact) mass is 300 g/mol. The highest BCUT2D eigenvalue weighted by Gasteiger charge is 2.17. The zero-order valence-electron chi connectivity index (χ0n) is 9.92. The quantitative estimate of drug-likeness (QED) is 0.937. The molecular formula is C11H10Cl2N4O2. The fourth-order valence-corrected chi connectivity index (χ4v) is 1.81. The van der Waals surface area contributed by atoms with E-state index in [0.717, 1.165) is 0 Å². The van der Waals surface area contributed by atoms with Crippen LogP contribution < -0.4 is 0 Å². The maximum absolute atomic E-state index is 10.9. The first-order valence-electron chi connectivity index (χ1n) is 5.43. The Hall–Kier alpha value is -1.66. The predicted molar refractivity (Wildman–Crippen MR) is 70.1 cm³/mol. The summed E-state index contributed by atoms with van der Waals surface area (Å²) in [6.07, 6.45) is 0. The molecule has 6 nitrogen and oxygen atoms in total. The Morgan fingerprint density at radius 1 is 1.42 bits per heavy atom. The molecule has 0 aliphatic rings. The van der Waals surface area contributed by atoms with Crippen molar-refractivity contribution in [3.05, 3.63) is 28.2 Å². The van der Waals surface area contributed by atoms with Crippen molar-refractivity contribution in [2.75, 3.05) is 0 Å². The molecule has 2 rings (SSSR count). The molecule has 0 saturated heterocycles. The number of benzene rings is 1. The maximum atomic E-state index is 10.9. The first-order valence-corrected chi connectivity index (χ1v) is 6.19. The molecule has 2 aromatic rings. The molecule has 1 aromatic heterocycles. The van der Waals surface area contributed by atoms with Crippen LogP contribution in [0.3, 0.4) is 0 Å². The molecule has 8 heteroatoms. The van der Waals surface area contributed by atoms with Crippen LogP contribution in [0, 0.1) is 5.92 Å². The van der Waals surface area contributed by atoms with Gasteiger partial charge in [0.05, 0.1) is 22.5 Å². The fraction of sp³-hybridized carbons (Fsp3) is 0.273. The van der Waals surface area contributed by atoms with Crippen molar-refractivity contribution in [1.82, 2.24) is 20.2 Å². The minimum Gasteiger partial charge on any atom is -0.481 e. The zero-order valence-corrected chi connectivity index (χ0v) is 11.4. The SMILES string of the molecule is CC(Cn1nnnc1-c1ccc(Cl)c(Cl)c1)C(=O)O. The third kappa shape index (κ3) is 3.02. The number of nitrogens with zero attached hydrogens (tertiary/aromatic N) is 4. The lowest BCUT2D eigenvalue weighted by atomic mass is 10.1. The topological polar surface area (TPSA) is 80.9 Å². The molecule has 1 heterocycles. The van der Waals surface area contributed by atoms with E-state index in [-0.39, 0.29) is 6.54 Å². The summed E-state index contributed by atoms with van der Waals surface area (Å²) < 4.78 is 1.43. The van der Waals surface area contributed by atoms with E-state index in [9.17, 15) is 4.79 Å². The van der Waals surface area contributed by atoms with E-state index >= 15 is 0 Å². The lowest BCUT2D eigenvalue weighted by Gasteiger charge is -2.08. The van der Waals surface area contributed by atoms with Crippen molar-refractivity contribution in [3.63, 3.8) is 0 Å². The summed E-state index contributed by atoms with van der Waals surface area (Å²) >= 11 is 11.8. The fourth-order valence-electron chi connectivity index (χ4n) is 1.51. The van der Waals surface area contributed by atoms with Gasteiger partial charge in [-0.05, 0) is 28.6 Å². The molecule has 100 valence electrons. The van der Waals surface area contributed by atoms with E-state index < -0.39 is 11.9 Å². The van der Waals surface area contributed by atoms with Gasteiger partial charge in [0.15, 0.2) is 5.82 Å². The maximum Gasteiger partial charge on any atom is 0.308 e. The number of rotatable bonds is 4. The molecule has 0 spiro atoms. The first-order chi connectivity index (χ1) is 8.99. The van der Waals surface area contributed by atoms with Crippen molar-refractivity contribution in [2.24, 2.45) is 5.92 Å². The Kier molecular flexibility index (Phi) is 4.01. The Morgan fingerprint density at radius 3 is 2.79 bits per heavy atom. The number of aromatic nitrogens is 4. The largest absolute Gasteiger partial charge is 0.481 e. The number of hydrogen-bond donors (Lipinski definition) is 1. The summed E-state index contributed by atoms with van der Waals surface area (Å²) in [7, 11) is 0. The van der Waals surface area contributed by atoms with Gasteiger partial charge in [0.25, 0.3) is 0 Å². The van der Waals surface area contributed by atoms with Gasteiger partial charge in [-0.2, -0.15) is 0 Å². The van der Waals surface area contributed by atoms with Gasteiger partial charge >= 0.3 is 5.97 Å². The molecule has 1 unspecified atom stereocenters. The van der Waals surface area contributed by atoms with E-state index in [4.69, 9.17) is 28.3 Å². The van der Waals surface area contributed by atoms with Crippen LogP contribution in [0.5, 0.6) is 0 Å². The van der Waals surface area contributed by atoms with Gasteiger partial charge in [-0.3, -0.25) is 4.79 Å². The molecule has 1 aromatic carbocycles. The van der Waals surface area contributed by atoms with Gasteiger partial charge in [-0.25, -0.2) is 4.68 Å². The second kappa shape index (κ2) is 5.54. The highest BCUT2D eigenvalue weighted by atomic mass is 35.5. The van der Waals surface area contributed by atoms with Gasteiger partial charge in [-0.1, -0.05) is 30.1 Å². The minimum absolute atomic E-state index is 0.178. The zero-order chi connectivity index (χ0) is 14.0. The second-order valence-electron chi connectivity index (χ2n) is 4.05. The molecule has 0 fully saturated rings. The molecule has 0 amide bonds. The molecule has 0 saturated carbocycles. The first kappa shape index (κ1) is 13.8. The molecule has 0 bridgehead atoms. The standard InChI is InChI=1S/C11H10Cl2N4O2/c1-6(11(18)19)5-17-10(14-15-16-17)7-2-3-8(12)9(13)4-7/h2-4,6H,5H2,1H3,(H,18,19). The smallest absolute Gasteiger partial charge is 0.308 e. The third-order valence-corrected chi connectivity index (χ3v) is 3.32. The number of carboxylic acids is 1. The van der Waals surface area contributed by atoms with Crippen LogP contribution >= 0.6 is 23.2 Å². The predicted octanol–water partition coefficient (Wildman–Crippen LogP) is 2.37. The molecule has 0 aliphatic heterocycles. The number of carboxylic acid groups (broad SMARTS) is 1. The Morgan fingerprint density at radius 2 is 2.16 bits per heavy atom. The van der Waals surface area contributed by atoms with Crippen LogP contribution in [0.15, 0.2) is 18.2 Å². The van der Waals surface area contributed by atoms with Gasteiger partial charge in [0.1, 0.15) is 0 Å². The average Bonchev–Trinajstić information content (AvgIpc) is 2.80. The van der Waals surface area contributed by atoms with Crippen LogP contribution in [0.4, 0.5) is 0 Å². The average molecular weight is 301 g/mol. The summed E-state index contributed by atoms with van der Waals surface area (Å²) in [6.45, 7) is 1.76. The molecular weight excluding hydrogens is 291 g/mol.